The molecule has 0 aliphatic heterocycles. The van der Waals surface area contributed by atoms with Gasteiger partial charge in [0, 0.05) is 47.3 Å². The number of amides is 1. The van der Waals surface area contributed by atoms with Crippen LogP contribution >= 0.6 is 24.1 Å². The molecule has 7 aliphatic carbocycles. The molecule has 17 atom stereocenters. The second-order valence-corrected chi connectivity index (χ2v) is 24.2. The highest BCUT2D eigenvalue weighted by molar-refractivity contribution is 7.95. The van der Waals surface area contributed by atoms with E-state index in [4.69, 9.17) is 35.9 Å². The second-order valence-electron chi connectivity index (χ2n) is 18.9. The average molecular weight is 959 g/mol. The molecule has 0 aromatic heterocycles. The third-order valence-electron chi connectivity index (χ3n) is 15.5. The molecule has 25 heteroatoms. The van der Waals surface area contributed by atoms with Gasteiger partial charge in [0.15, 0.2) is 0 Å². The summed E-state index contributed by atoms with van der Waals surface area (Å²) < 4.78 is 78.1. The fourth-order valence-corrected chi connectivity index (χ4v) is 15.8. The van der Waals surface area contributed by atoms with Crippen molar-refractivity contribution in [3.63, 3.8) is 0 Å². The second kappa shape index (κ2) is 21.2. The molecule has 7 aliphatic rings. The summed E-state index contributed by atoms with van der Waals surface area (Å²) in [6.07, 6.45) is 7.40. The molecule has 0 aromatic carbocycles. The van der Waals surface area contributed by atoms with Crippen molar-refractivity contribution in [2.75, 3.05) is 0 Å². The SMILES string of the molecule is NC1CC2C(CC(SOOO)C(N=NC3CCC(N=NC4CCC(C(=O)NC5CCC6C(O)CC(SOOO)CC6C5)CC4)C4CCC(S(=O)(=O)O)CC34)C2O)CC1S(=O)(=O)O. The quantitative estimate of drug-likeness (QED) is 0.0395. The van der Waals surface area contributed by atoms with Crippen LogP contribution in [0.3, 0.4) is 0 Å². The highest BCUT2D eigenvalue weighted by atomic mass is 32.2. The third kappa shape index (κ3) is 11.7. The van der Waals surface area contributed by atoms with Crippen molar-refractivity contribution in [3.05, 3.63) is 0 Å². The minimum Gasteiger partial charge on any atom is -0.393 e. The Morgan fingerprint density at radius 2 is 1.31 bits per heavy atom. The Hall–Kier alpha value is -1.17. The summed E-state index contributed by atoms with van der Waals surface area (Å²) in [5.41, 5.74) is 6.17. The zero-order chi connectivity index (χ0) is 44.3. The molecule has 62 heavy (non-hydrogen) atoms. The molecule has 7 rings (SSSR count). The predicted octanol–water partition coefficient (Wildman–Crippen LogP) is 4.33. The number of carbonyl (C=O) groups excluding carboxylic acids is 1. The molecule has 0 saturated heterocycles. The summed E-state index contributed by atoms with van der Waals surface area (Å²) in [7, 11) is -8.77. The molecule has 0 spiro atoms. The lowest BCUT2D eigenvalue weighted by Gasteiger charge is -2.48. The first-order valence-corrected chi connectivity index (χ1v) is 26.6. The summed E-state index contributed by atoms with van der Waals surface area (Å²) in [6, 6.07) is -2.47. The van der Waals surface area contributed by atoms with Gasteiger partial charge in [-0.1, -0.05) is 10.1 Å². The fourth-order valence-electron chi connectivity index (χ4n) is 12.3. The molecule has 9 N–H and O–H groups in total. The minimum absolute atomic E-state index is 0.0122. The Labute approximate surface area is 370 Å². The Balaban J connectivity index is 0.951. The van der Waals surface area contributed by atoms with Gasteiger partial charge in [0.25, 0.3) is 20.2 Å². The highest BCUT2D eigenvalue weighted by Gasteiger charge is 2.52. The van der Waals surface area contributed by atoms with E-state index in [9.17, 15) is 40.9 Å². The van der Waals surface area contributed by atoms with Crippen molar-refractivity contribution in [1.82, 2.24) is 5.32 Å². The van der Waals surface area contributed by atoms with E-state index in [1.165, 1.54) is 0 Å². The van der Waals surface area contributed by atoms with Gasteiger partial charge < -0.3 is 21.3 Å². The van der Waals surface area contributed by atoms with Gasteiger partial charge >= 0.3 is 0 Å². The topological polar surface area (TPSA) is 331 Å². The van der Waals surface area contributed by atoms with Gasteiger partial charge in [-0.2, -0.15) is 37.3 Å². The van der Waals surface area contributed by atoms with Crippen LogP contribution in [0.5, 0.6) is 0 Å². The van der Waals surface area contributed by atoms with Crippen LogP contribution in [-0.2, 0) is 43.8 Å². The fraction of sp³-hybridized carbons (Fsp3) is 0.973. The molecule has 0 bridgehead atoms. The molecule has 0 aromatic rings. The zero-order valence-electron chi connectivity index (χ0n) is 34.3. The third-order valence-corrected chi connectivity index (χ3v) is 19.7. The van der Waals surface area contributed by atoms with E-state index in [1.807, 2.05) is 0 Å². The Kier molecular flexibility index (Phi) is 16.7. The van der Waals surface area contributed by atoms with Crippen molar-refractivity contribution in [2.24, 2.45) is 67.6 Å². The van der Waals surface area contributed by atoms with Crippen LogP contribution in [0.2, 0.25) is 0 Å². The van der Waals surface area contributed by atoms with Crippen molar-refractivity contribution in [3.8, 4) is 0 Å². The summed E-state index contributed by atoms with van der Waals surface area (Å²) in [5.74, 6) is -0.890. The number of aliphatic hydroxyl groups is 2. The highest BCUT2D eigenvalue weighted by Crippen LogP contribution is 2.49. The molecule has 0 heterocycles. The molecule has 7 saturated carbocycles. The molecule has 354 valence electrons. The smallest absolute Gasteiger partial charge is 0.269 e. The lowest BCUT2D eigenvalue weighted by Crippen LogP contribution is -2.57. The van der Waals surface area contributed by atoms with Crippen molar-refractivity contribution < 1.29 is 70.2 Å². The monoisotopic (exact) mass is 958 g/mol. The van der Waals surface area contributed by atoms with E-state index in [2.05, 4.69) is 24.8 Å². The molecule has 21 nitrogen and oxygen atoms in total. The molecular formula is C37H62N6O15S4. The van der Waals surface area contributed by atoms with Crippen LogP contribution in [0, 0.1) is 41.4 Å². The number of fused-ring (bicyclic) bond motifs is 3. The zero-order valence-corrected chi connectivity index (χ0v) is 37.6. The van der Waals surface area contributed by atoms with Crippen molar-refractivity contribution in [1.29, 1.82) is 0 Å². The van der Waals surface area contributed by atoms with E-state index >= 15 is 0 Å². The van der Waals surface area contributed by atoms with E-state index in [0.717, 1.165) is 37.7 Å². The van der Waals surface area contributed by atoms with Gasteiger partial charge in [-0.25, -0.2) is 10.5 Å². The van der Waals surface area contributed by atoms with Gasteiger partial charge in [-0.05, 0) is 145 Å². The van der Waals surface area contributed by atoms with E-state index in [-0.39, 0.29) is 90.5 Å². The Morgan fingerprint density at radius 3 is 2.00 bits per heavy atom. The normalized spacial score (nSPS) is 44.3. The van der Waals surface area contributed by atoms with Gasteiger partial charge in [0.05, 0.1) is 40.8 Å². The molecule has 1 amide bonds. The van der Waals surface area contributed by atoms with Crippen molar-refractivity contribution >= 4 is 50.2 Å². The maximum absolute atomic E-state index is 13.4. The summed E-state index contributed by atoms with van der Waals surface area (Å²) in [5, 5.41) is 66.8. The van der Waals surface area contributed by atoms with Gasteiger partial charge in [0.2, 0.25) is 5.91 Å². The Bertz CT molecular complexity index is 1800. The van der Waals surface area contributed by atoms with E-state index < -0.39 is 72.2 Å². The maximum Gasteiger partial charge on any atom is 0.269 e. The number of nitrogens with zero attached hydrogens (tertiary/aromatic N) is 4. The average Bonchev–Trinajstić information content (AvgIpc) is 3.23. The number of azo groups is 2. The minimum atomic E-state index is -4.43. The number of nitrogens with two attached hydrogens (primary N) is 1. The van der Waals surface area contributed by atoms with Crippen LogP contribution in [0.15, 0.2) is 20.5 Å². The van der Waals surface area contributed by atoms with Gasteiger partial charge in [0.1, 0.15) is 11.3 Å². The molecule has 0 radical (unpaired) electrons. The maximum atomic E-state index is 13.4. The van der Waals surface area contributed by atoms with Gasteiger partial charge in [-0.3, -0.25) is 13.9 Å². The van der Waals surface area contributed by atoms with Gasteiger partial charge in [-0.15, -0.1) is 8.67 Å². The van der Waals surface area contributed by atoms with Crippen LogP contribution < -0.4 is 11.1 Å². The number of nitrogens with one attached hydrogen (secondary N) is 1. The Morgan fingerprint density at radius 1 is 0.645 bits per heavy atom. The van der Waals surface area contributed by atoms with Crippen LogP contribution in [-0.4, -0.2) is 122 Å². The summed E-state index contributed by atoms with van der Waals surface area (Å²) in [6.45, 7) is 0. The molecule has 7 fully saturated rings. The van der Waals surface area contributed by atoms with Crippen molar-refractivity contribution in [2.45, 2.75) is 179 Å². The number of hydrogen-bond acceptors (Lipinski definition) is 20. The van der Waals surface area contributed by atoms with Crippen LogP contribution in [0.25, 0.3) is 0 Å². The summed E-state index contributed by atoms with van der Waals surface area (Å²) >= 11 is 1.72. The lowest BCUT2D eigenvalue weighted by atomic mass is 9.66. The first-order chi connectivity index (χ1) is 29.5. The standard InChI is InChI=1S/C37H62N6O15S4/c38-29-17-27-20(14-34(29)62(52,53)54)13-33(60-58-56-48)35(36(27)45)43-42-31-10-9-30(26-8-6-24(16-28(26)31)61(49,50)51)41-40-21-3-1-18(2-4-21)37(46)39-22-5-7-25-19(11-22)12-23(15-32(25)44)59-57-55-47/h18-36,44-45,47-48H,1-17,38H2,(H,39,46)(H,49,50,51)(H,52,53,54). The first-order valence-electron chi connectivity index (χ1n) is 22.0. The van der Waals surface area contributed by atoms with Crippen LogP contribution in [0.1, 0.15) is 109 Å². The number of rotatable bonds is 14. The number of carbonyl (C=O) groups is 1. The number of hydrogen-bond donors (Lipinski definition) is 8. The predicted molar refractivity (Wildman–Crippen MR) is 223 cm³/mol. The largest absolute Gasteiger partial charge is 0.393 e. The van der Waals surface area contributed by atoms with E-state index in [1.54, 1.807) is 0 Å². The van der Waals surface area contributed by atoms with E-state index in [0.29, 0.717) is 69.8 Å². The summed E-state index contributed by atoms with van der Waals surface area (Å²) in [4.78, 5) is 13.4. The molecule has 17 unspecified atom stereocenters. The molecular weight excluding hydrogens is 897 g/mol. The van der Waals surface area contributed by atoms with Crippen LogP contribution in [0.4, 0.5) is 0 Å². The lowest BCUT2D eigenvalue weighted by molar-refractivity contribution is -0.432. The first kappa shape index (κ1) is 48.8. The number of aliphatic hydroxyl groups excluding tert-OH is 2.